The van der Waals surface area contributed by atoms with E-state index >= 15 is 0 Å². The summed E-state index contributed by atoms with van der Waals surface area (Å²) in [7, 11) is 0. The quantitative estimate of drug-likeness (QED) is 0.340. The maximum atomic E-state index is 5.25. The van der Waals surface area contributed by atoms with Crippen molar-refractivity contribution in [2.24, 2.45) is 0 Å². The average Bonchev–Trinajstić information content (AvgIpc) is 3.26. The second-order valence-electron chi connectivity index (χ2n) is 8.24. The van der Waals surface area contributed by atoms with E-state index in [0.717, 1.165) is 39.6 Å². The number of fused-ring (bicyclic) bond motifs is 3. The van der Waals surface area contributed by atoms with Crippen molar-refractivity contribution < 1.29 is 0 Å². The van der Waals surface area contributed by atoms with Gasteiger partial charge in [-0.05, 0) is 24.6 Å². The molecule has 0 spiro atoms. The third-order valence-electron chi connectivity index (χ3n) is 6.12. The maximum absolute atomic E-state index is 5.25. The molecule has 2 heterocycles. The van der Waals surface area contributed by atoms with Crippen LogP contribution < -0.4 is 5.32 Å². The molecule has 1 N–H and O–H groups in total. The van der Waals surface area contributed by atoms with Crippen molar-refractivity contribution in [3.8, 4) is 33.9 Å². The number of nitrogens with one attached hydrogen (secondary N) is 1. The van der Waals surface area contributed by atoms with E-state index in [-0.39, 0.29) is 6.17 Å². The van der Waals surface area contributed by atoms with E-state index in [4.69, 9.17) is 4.98 Å². The molecule has 3 heteroatoms. The summed E-state index contributed by atoms with van der Waals surface area (Å²) in [6.07, 6.45) is -0.0549. The zero-order chi connectivity index (χ0) is 21.5. The molecule has 0 bridgehead atoms. The maximum Gasteiger partial charge on any atom is 0.145 e. The second kappa shape index (κ2) is 7.54. The Balaban J connectivity index is 1.69. The molecule has 0 saturated carbocycles. The molecule has 6 rings (SSSR count). The van der Waals surface area contributed by atoms with Crippen LogP contribution in [0.4, 0.5) is 5.69 Å². The predicted octanol–water partition coefficient (Wildman–Crippen LogP) is 7.16. The van der Waals surface area contributed by atoms with Gasteiger partial charge in [0.1, 0.15) is 12.0 Å². The number of para-hydroxylation sites is 1. The van der Waals surface area contributed by atoms with Crippen molar-refractivity contribution in [2.75, 3.05) is 5.32 Å². The van der Waals surface area contributed by atoms with Gasteiger partial charge in [0.25, 0.3) is 0 Å². The van der Waals surface area contributed by atoms with Crippen molar-refractivity contribution in [1.29, 1.82) is 0 Å². The summed E-state index contributed by atoms with van der Waals surface area (Å²) >= 11 is 0. The minimum absolute atomic E-state index is 0.0549. The van der Waals surface area contributed by atoms with E-state index < -0.39 is 0 Å². The highest BCUT2D eigenvalue weighted by Crippen LogP contribution is 2.45. The van der Waals surface area contributed by atoms with E-state index in [0.29, 0.717) is 0 Å². The molecule has 1 aliphatic heterocycles. The van der Waals surface area contributed by atoms with Crippen molar-refractivity contribution in [3.05, 3.63) is 120 Å². The first-order valence-corrected chi connectivity index (χ1v) is 11.0. The van der Waals surface area contributed by atoms with Gasteiger partial charge in [0.15, 0.2) is 0 Å². The Morgan fingerprint density at radius 2 is 1.31 bits per heavy atom. The fraction of sp³-hybridized carbons (Fsp3) is 0.0690. The molecule has 0 saturated heterocycles. The van der Waals surface area contributed by atoms with Crippen molar-refractivity contribution in [1.82, 2.24) is 9.55 Å². The molecular weight excluding hydrogens is 390 g/mol. The summed E-state index contributed by atoms with van der Waals surface area (Å²) in [5, 5.41) is 3.79. The lowest BCUT2D eigenvalue weighted by Crippen LogP contribution is -2.25. The Hall–Kier alpha value is -4.11. The van der Waals surface area contributed by atoms with Crippen LogP contribution in [0.1, 0.15) is 17.3 Å². The van der Waals surface area contributed by atoms with Gasteiger partial charge in [-0.2, -0.15) is 0 Å². The molecule has 1 atom stereocenters. The van der Waals surface area contributed by atoms with Crippen LogP contribution in [0.25, 0.3) is 33.9 Å². The van der Waals surface area contributed by atoms with Gasteiger partial charge in [0.05, 0.1) is 11.4 Å². The fourth-order valence-corrected chi connectivity index (χ4v) is 4.54. The SMILES string of the molecule is Cc1ccc([C@@H]2Nc3ccccc3-c3nc(-c4ccccc4)c(-c4ccccc4)n32)cc1. The van der Waals surface area contributed by atoms with Crippen LogP contribution in [0, 0.1) is 6.92 Å². The predicted molar refractivity (Wildman–Crippen MR) is 131 cm³/mol. The Kier molecular flexibility index (Phi) is 4.39. The van der Waals surface area contributed by atoms with Crippen LogP contribution in [0.15, 0.2) is 109 Å². The molecule has 1 aliphatic rings. The molecule has 0 fully saturated rings. The normalized spacial score (nSPS) is 14.3. The van der Waals surface area contributed by atoms with E-state index in [2.05, 4.69) is 120 Å². The molecule has 5 aromatic rings. The lowest BCUT2D eigenvalue weighted by Gasteiger charge is -2.31. The van der Waals surface area contributed by atoms with Crippen LogP contribution in [0.2, 0.25) is 0 Å². The first kappa shape index (κ1) is 18.6. The number of anilines is 1. The van der Waals surface area contributed by atoms with E-state index in [1.54, 1.807) is 0 Å². The first-order chi connectivity index (χ1) is 15.8. The first-order valence-electron chi connectivity index (χ1n) is 11.0. The number of aryl methyl sites for hydroxylation is 1. The Labute approximate surface area is 188 Å². The minimum atomic E-state index is -0.0549. The highest BCUT2D eigenvalue weighted by atomic mass is 15.3. The number of hydrogen-bond donors (Lipinski definition) is 1. The smallest absolute Gasteiger partial charge is 0.145 e. The summed E-state index contributed by atoms with van der Waals surface area (Å²) in [5.41, 5.74) is 9.09. The van der Waals surface area contributed by atoms with Gasteiger partial charge in [0, 0.05) is 22.4 Å². The van der Waals surface area contributed by atoms with E-state index in [1.165, 1.54) is 11.1 Å². The molecule has 3 nitrogen and oxygen atoms in total. The Bertz CT molecular complexity index is 1380. The van der Waals surface area contributed by atoms with Crippen LogP contribution in [-0.2, 0) is 0 Å². The Morgan fingerprint density at radius 3 is 2.03 bits per heavy atom. The van der Waals surface area contributed by atoms with Gasteiger partial charge >= 0.3 is 0 Å². The van der Waals surface area contributed by atoms with Crippen molar-refractivity contribution in [2.45, 2.75) is 13.1 Å². The molecular formula is C29H23N3. The zero-order valence-electron chi connectivity index (χ0n) is 17.9. The third kappa shape index (κ3) is 3.02. The van der Waals surface area contributed by atoms with Crippen molar-refractivity contribution in [3.63, 3.8) is 0 Å². The van der Waals surface area contributed by atoms with Crippen LogP contribution >= 0.6 is 0 Å². The van der Waals surface area contributed by atoms with Gasteiger partial charge in [-0.1, -0.05) is 103 Å². The highest BCUT2D eigenvalue weighted by Gasteiger charge is 2.31. The number of imidazole rings is 1. The minimum Gasteiger partial charge on any atom is -0.361 e. The van der Waals surface area contributed by atoms with Crippen molar-refractivity contribution >= 4 is 5.69 Å². The van der Waals surface area contributed by atoms with Crippen LogP contribution in [0.3, 0.4) is 0 Å². The summed E-state index contributed by atoms with van der Waals surface area (Å²) in [6, 6.07) is 38.3. The fourth-order valence-electron chi connectivity index (χ4n) is 4.54. The lowest BCUT2D eigenvalue weighted by atomic mass is 10.0. The highest BCUT2D eigenvalue weighted by molar-refractivity contribution is 5.86. The second-order valence-corrected chi connectivity index (χ2v) is 8.24. The van der Waals surface area contributed by atoms with Crippen LogP contribution in [0.5, 0.6) is 0 Å². The molecule has 32 heavy (non-hydrogen) atoms. The van der Waals surface area contributed by atoms with Crippen LogP contribution in [-0.4, -0.2) is 9.55 Å². The van der Waals surface area contributed by atoms with Gasteiger partial charge in [-0.3, -0.25) is 4.57 Å². The topological polar surface area (TPSA) is 29.9 Å². The summed E-state index contributed by atoms with van der Waals surface area (Å²) in [5.74, 6) is 0.989. The molecule has 4 aromatic carbocycles. The zero-order valence-corrected chi connectivity index (χ0v) is 17.9. The van der Waals surface area contributed by atoms with Gasteiger partial charge in [-0.15, -0.1) is 0 Å². The number of nitrogens with zero attached hydrogens (tertiary/aromatic N) is 2. The molecule has 0 unspecified atom stereocenters. The number of rotatable bonds is 3. The number of benzene rings is 4. The molecule has 0 aliphatic carbocycles. The van der Waals surface area contributed by atoms with E-state index in [1.807, 2.05) is 6.07 Å². The monoisotopic (exact) mass is 413 g/mol. The van der Waals surface area contributed by atoms with Gasteiger partial charge in [-0.25, -0.2) is 4.98 Å². The standard InChI is InChI=1S/C29H23N3/c1-20-16-18-23(19-17-20)28-30-25-15-9-8-14-24(25)29-31-26(21-10-4-2-5-11-21)27(32(28)29)22-12-6-3-7-13-22/h2-19,28,30H,1H3/t28-/m1/s1. The molecule has 0 radical (unpaired) electrons. The summed E-state index contributed by atoms with van der Waals surface area (Å²) < 4.78 is 2.37. The molecule has 1 aromatic heterocycles. The van der Waals surface area contributed by atoms with Gasteiger partial charge < -0.3 is 5.32 Å². The molecule has 154 valence electrons. The summed E-state index contributed by atoms with van der Waals surface area (Å²) in [4.78, 5) is 5.25. The summed E-state index contributed by atoms with van der Waals surface area (Å²) in [6.45, 7) is 2.12. The third-order valence-corrected chi connectivity index (χ3v) is 6.12. The largest absolute Gasteiger partial charge is 0.361 e. The van der Waals surface area contributed by atoms with E-state index in [9.17, 15) is 0 Å². The Morgan fingerprint density at radius 1 is 0.688 bits per heavy atom. The molecule has 0 amide bonds. The number of aromatic nitrogens is 2. The van der Waals surface area contributed by atoms with Gasteiger partial charge in [0.2, 0.25) is 0 Å². The average molecular weight is 414 g/mol. The number of hydrogen-bond acceptors (Lipinski definition) is 2. The lowest BCUT2D eigenvalue weighted by molar-refractivity contribution is 0.656.